The predicted molar refractivity (Wildman–Crippen MR) is 106 cm³/mol. The normalized spacial score (nSPS) is 13.2. The first-order valence-corrected chi connectivity index (χ1v) is 10.1. The minimum atomic E-state index is -0.168. The topological polar surface area (TPSA) is 80.1 Å². The van der Waals surface area contributed by atoms with Crippen molar-refractivity contribution >= 4 is 23.2 Å². The van der Waals surface area contributed by atoms with Gasteiger partial charge < -0.3 is 10.2 Å². The van der Waals surface area contributed by atoms with E-state index in [4.69, 9.17) is 0 Å². The lowest BCUT2D eigenvalue weighted by Crippen LogP contribution is -2.37. The average molecular weight is 395 g/mol. The number of nitrogens with zero attached hydrogens (tertiary/aromatic N) is 4. The van der Waals surface area contributed by atoms with E-state index in [1.807, 2.05) is 17.0 Å². The second-order valence-corrected chi connectivity index (χ2v) is 7.73. The van der Waals surface area contributed by atoms with Crippen molar-refractivity contribution in [2.24, 2.45) is 0 Å². The summed E-state index contributed by atoms with van der Waals surface area (Å²) in [4.78, 5) is 31.9. The summed E-state index contributed by atoms with van der Waals surface area (Å²) in [5, 5.41) is 8.98. The number of aromatic nitrogens is 3. The van der Waals surface area contributed by atoms with Crippen LogP contribution in [0.5, 0.6) is 0 Å². The molecule has 0 atom stereocenters. The molecule has 0 saturated carbocycles. The summed E-state index contributed by atoms with van der Waals surface area (Å²) in [5.41, 5.74) is 2.87. The number of benzene rings is 1. The van der Waals surface area contributed by atoms with Gasteiger partial charge in [0.05, 0.1) is 6.54 Å². The molecular weight excluding hydrogens is 374 g/mol. The number of amides is 2. The van der Waals surface area contributed by atoms with Gasteiger partial charge in [-0.1, -0.05) is 12.1 Å². The molecule has 3 aromatic rings. The van der Waals surface area contributed by atoms with Crippen LogP contribution in [0.4, 0.5) is 0 Å². The predicted octanol–water partition coefficient (Wildman–Crippen LogP) is 2.09. The number of hydrogen-bond acceptors (Lipinski definition) is 5. The Morgan fingerprint density at radius 2 is 2.04 bits per heavy atom. The molecule has 28 heavy (non-hydrogen) atoms. The van der Waals surface area contributed by atoms with Gasteiger partial charge in [-0.25, -0.2) is 9.67 Å². The molecule has 3 heterocycles. The molecule has 0 aliphatic carbocycles. The maximum absolute atomic E-state index is 12.4. The monoisotopic (exact) mass is 395 g/mol. The maximum Gasteiger partial charge on any atom is 0.251 e. The SMILES string of the molecule is O=C(NCCC(=O)N1CCc2sccc2C1)c1ccc(Cn2cncn2)cc1. The number of fused-ring (bicyclic) bond motifs is 1. The zero-order valence-corrected chi connectivity index (χ0v) is 16.2. The highest BCUT2D eigenvalue weighted by Gasteiger charge is 2.21. The van der Waals surface area contributed by atoms with Gasteiger partial charge in [0.25, 0.3) is 5.91 Å². The minimum absolute atomic E-state index is 0.0836. The molecule has 0 spiro atoms. The van der Waals surface area contributed by atoms with Crippen LogP contribution in [0.2, 0.25) is 0 Å². The lowest BCUT2D eigenvalue weighted by atomic mass is 10.1. The van der Waals surface area contributed by atoms with Crippen molar-refractivity contribution in [3.05, 3.63) is 69.9 Å². The molecule has 1 aliphatic rings. The number of hydrogen-bond donors (Lipinski definition) is 1. The fourth-order valence-electron chi connectivity index (χ4n) is 3.27. The minimum Gasteiger partial charge on any atom is -0.352 e. The fraction of sp³-hybridized carbons (Fsp3) is 0.300. The first-order chi connectivity index (χ1) is 13.7. The van der Waals surface area contributed by atoms with E-state index in [2.05, 4.69) is 26.8 Å². The number of nitrogens with one attached hydrogen (secondary N) is 1. The summed E-state index contributed by atoms with van der Waals surface area (Å²) in [5.74, 6) is -0.0841. The molecule has 144 valence electrons. The highest BCUT2D eigenvalue weighted by Crippen LogP contribution is 2.24. The molecule has 8 heteroatoms. The van der Waals surface area contributed by atoms with Crippen molar-refractivity contribution in [2.75, 3.05) is 13.1 Å². The van der Waals surface area contributed by atoms with Gasteiger partial charge in [0.2, 0.25) is 5.91 Å². The molecule has 0 unspecified atom stereocenters. The number of thiophene rings is 1. The average Bonchev–Trinajstić information content (AvgIpc) is 3.39. The van der Waals surface area contributed by atoms with Crippen LogP contribution in [0, 0.1) is 0 Å². The van der Waals surface area contributed by atoms with E-state index in [9.17, 15) is 9.59 Å². The summed E-state index contributed by atoms with van der Waals surface area (Å²) in [7, 11) is 0. The summed E-state index contributed by atoms with van der Waals surface area (Å²) in [6, 6.07) is 9.45. The first-order valence-electron chi connectivity index (χ1n) is 9.21. The molecule has 4 rings (SSSR count). The third-order valence-corrected chi connectivity index (χ3v) is 5.84. The Bertz CT molecular complexity index is 949. The molecule has 0 bridgehead atoms. The highest BCUT2D eigenvalue weighted by atomic mass is 32.1. The third kappa shape index (κ3) is 4.28. The Morgan fingerprint density at radius 3 is 2.82 bits per heavy atom. The van der Waals surface area contributed by atoms with Gasteiger partial charge in [0.15, 0.2) is 0 Å². The van der Waals surface area contributed by atoms with Crippen LogP contribution in [-0.4, -0.2) is 44.6 Å². The molecule has 0 radical (unpaired) electrons. The van der Waals surface area contributed by atoms with Gasteiger partial charge in [0, 0.05) is 36.5 Å². The van der Waals surface area contributed by atoms with Crippen molar-refractivity contribution in [3.63, 3.8) is 0 Å². The standard InChI is InChI=1S/C20H21N5O2S/c26-19(24-9-6-18-17(12-24)7-10-28-18)5-8-22-20(27)16-3-1-15(2-4-16)11-25-14-21-13-23-25/h1-4,7,10,13-14H,5-6,8-9,11-12H2,(H,22,27). The van der Waals surface area contributed by atoms with Gasteiger partial charge in [-0.05, 0) is 41.1 Å². The molecule has 1 N–H and O–H groups in total. The van der Waals surface area contributed by atoms with Crippen molar-refractivity contribution in [1.29, 1.82) is 0 Å². The second kappa shape index (κ2) is 8.35. The van der Waals surface area contributed by atoms with Crippen LogP contribution in [-0.2, 0) is 24.3 Å². The molecular formula is C20H21N5O2S. The highest BCUT2D eigenvalue weighted by molar-refractivity contribution is 7.10. The summed E-state index contributed by atoms with van der Waals surface area (Å²) in [6.45, 7) is 2.38. The largest absolute Gasteiger partial charge is 0.352 e. The first kappa shape index (κ1) is 18.4. The van der Waals surface area contributed by atoms with Crippen LogP contribution >= 0.6 is 11.3 Å². The van der Waals surface area contributed by atoms with Crippen LogP contribution < -0.4 is 5.32 Å². The molecule has 2 amide bonds. The van der Waals surface area contributed by atoms with Crippen LogP contribution in [0.3, 0.4) is 0 Å². The summed E-state index contributed by atoms with van der Waals surface area (Å²) < 4.78 is 1.72. The van der Waals surface area contributed by atoms with Crippen molar-refractivity contribution < 1.29 is 9.59 Å². The Balaban J connectivity index is 1.23. The summed E-state index contributed by atoms with van der Waals surface area (Å²) in [6.07, 6.45) is 4.38. The van der Waals surface area contributed by atoms with Crippen molar-refractivity contribution in [3.8, 4) is 0 Å². The van der Waals surface area contributed by atoms with Gasteiger partial charge in [-0.3, -0.25) is 9.59 Å². The number of rotatable bonds is 6. The third-order valence-electron chi connectivity index (χ3n) is 4.81. The molecule has 2 aromatic heterocycles. The Kier molecular flexibility index (Phi) is 5.48. The molecule has 1 aromatic carbocycles. The van der Waals surface area contributed by atoms with Gasteiger partial charge >= 0.3 is 0 Å². The van der Waals surface area contributed by atoms with E-state index in [0.717, 1.165) is 18.5 Å². The lowest BCUT2D eigenvalue weighted by molar-refractivity contribution is -0.131. The molecule has 0 saturated heterocycles. The second-order valence-electron chi connectivity index (χ2n) is 6.73. The smallest absolute Gasteiger partial charge is 0.251 e. The number of carbonyl (C=O) groups is 2. The molecule has 0 fully saturated rings. The lowest BCUT2D eigenvalue weighted by Gasteiger charge is -2.27. The van der Waals surface area contributed by atoms with Gasteiger partial charge in [0.1, 0.15) is 12.7 Å². The Morgan fingerprint density at radius 1 is 1.18 bits per heavy atom. The van der Waals surface area contributed by atoms with E-state index >= 15 is 0 Å². The summed E-state index contributed by atoms with van der Waals surface area (Å²) >= 11 is 1.76. The van der Waals surface area contributed by atoms with E-state index in [1.165, 1.54) is 16.8 Å². The molecule has 1 aliphatic heterocycles. The van der Waals surface area contributed by atoms with Crippen LogP contribution in [0.1, 0.15) is 32.8 Å². The van der Waals surface area contributed by atoms with Crippen molar-refractivity contribution in [1.82, 2.24) is 25.0 Å². The Labute approximate surface area is 167 Å². The number of carbonyl (C=O) groups excluding carboxylic acids is 2. The fourth-order valence-corrected chi connectivity index (χ4v) is 4.16. The van der Waals surface area contributed by atoms with Gasteiger partial charge in [-0.15, -0.1) is 11.3 Å². The van der Waals surface area contributed by atoms with E-state index in [0.29, 0.717) is 31.6 Å². The van der Waals surface area contributed by atoms with Crippen LogP contribution in [0.25, 0.3) is 0 Å². The van der Waals surface area contributed by atoms with E-state index < -0.39 is 0 Å². The van der Waals surface area contributed by atoms with Crippen molar-refractivity contribution in [2.45, 2.75) is 25.9 Å². The zero-order chi connectivity index (χ0) is 19.3. The zero-order valence-electron chi connectivity index (χ0n) is 15.4. The maximum atomic E-state index is 12.4. The Hall–Kier alpha value is -3.00. The quantitative estimate of drug-likeness (QED) is 0.693. The molecule has 7 nitrogen and oxygen atoms in total. The van der Waals surface area contributed by atoms with E-state index in [-0.39, 0.29) is 11.8 Å². The van der Waals surface area contributed by atoms with E-state index in [1.54, 1.807) is 34.5 Å². The van der Waals surface area contributed by atoms with Gasteiger partial charge in [-0.2, -0.15) is 5.10 Å². The van der Waals surface area contributed by atoms with Crippen LogP contribution in [0.15, 0.2) is 48.4 Å².